The number of rotatable bonds is 8. The molecule has 154 valence electrons. The zero-order valence-corrected chi connectivity index (χ0v) is 18.5. The van der Waals surface area contributed by atoms with Crippen molar-refractivity contribution in [3.8, 4) is 5.75 Å². The second kappa shape index (κ2) is 10.5. The third kappa shape index (κ3) is 6.11. The Morgan fingerprint density at radius 2 is 2.03 bits per heavy atom. The van der Waals surface area contributed by atoms with Crippen LogP contribution in [-0.2, 0) is 4.79 Å². The molecule has 0 aliphatic carbocycles. The number of thioether (sulfide) groups is 1. The van der Waals surface area contributed by atoms with Crippen molar-refractivity contribution in [2.24, 2.45) is 0 Å². The number of amides is 1. The van der Waals surface area contributed by atoms with Crippen LogP contribution in [0.2, 0.25) is 0 Å². The first-order valence-corrected chi connectivity index (χ1v) is 11.2. The molecule has 1 fully saturated rings. The Morgan fingerprint density at radius 3 is 2.69 bits per heavy atom. The molecule has 2 N–H and O–H groups in total. The molecule has 1 saturated heterocycles. The van der Waals surface area contributed by atoms with Gasteiger partial charge in [0, 0.05) is 35.8 Å². The summed E-state index contributed by atoms with van der Waals surface area (Å²) in [5, 5.41) is 7.10. The summed E-state index contributed by atoms with van der Waals surface area (Å²) in [6.07, 6.45) is 2.58. The molecule has 2 aromatic carbocycles. The van der Waals surface area contributed by atoms with Crippen LogP contribution in [0.4, 0.5) is 11.4 Å². The molecule has 5 nitrogen and oxygen atoms in total. The van der Waals surface area contributed by atoms with Crippen LogP contribution < -0.4 is 20.3 Å². The van der Waals surface area contributed by atoms with E-state index in [2.05, 4.69) is 22.8 Å². The van der Waals surface area contributed by atoms with E-state index in [0.717, 1.165) is 54.4 Å². The zero-order valence-electron chi connectivity index (χ0n) is 16.9. The molecular formula is C22H27N3O2S2. The Morgan fingerprint density at radius 1 is 1.24 bits per heavy atom. The van der Waals surface area contributed by atoms with Crippen LogP contribution in [0.1, 0.15) is 24.8 Å². The molecule has 1 aliphatic heterocycles. The van der Waals surface area contributed by atoms with Crippen LogP contribution in [0.15, 0.2) is 47.4 Å². The summed E-state index contributed by atoms with van der Waals surface area (Å²) >= 11 is 7.22. The van der Waals surface area contributed by atoms with Crippen molar-refractivity contribution < 1.29 is 9.53 Å². The monoisotopic (exact) mass is 429 g/mol. The van der Waals surface area contributed by atoms with E-state index in [-0.39, 0.29) is 5.91 Å². The molecule has 0 atom stereocenters. The van der Waals surface area contributed by atoms with Gasteiger partial charge < -0.3 is 20.3 Å². The van der Waals surface area contributed by atoms with Gasteiger partial charge in [-0.05, 0) is 85.8 Å². The molecule has 0 saturated carbocycles. The lowest BCUT2D eigenvalue weighted by atomic mass is 10.1. The normalized spacial score (nSPS) is 13.4. The van der Waals surface area contributed by atoms with Crippen LogP contribution in [0.25, 0.3) is 0 Å². The summed E-state index contributed by atoms with van der Waals surface area (Å²) in [5.41, 5.74) is 3.00. The van der Waals surface area contributed by atoms with Gasteiger partial charge in [0.1, 0.15) is 5.75 Å². The molecule has 0 unspecified atom stereocenters. The van der Waals surface area contributed by atoms with Crippen LogP contribution >= 0.6 is 24.0 Å². The average molecular weight is 430 g/mol. The van der Waals surface area contributed by atoms with E-state index in [1.807, 2.05) is 53.9 Å². The molecule has 0 radical (unpaired) electrons. The fraction of sp³-hybridized carbons (Fsp3) is 0.364. The fourth-order valence-corrected chi connectivity index (χ4v) is 4.32. The lowest BCUT2D eigenvalue weighted by Crippen LogP contribution is -2.29. The average Bonchev–Trinajstić information content (AvgIpc) is 3.14. The number of methoxy groups -OCH3 is 1. The standard InChI is InChI=1S/C22H27N3O2S2/c1-16-15-17(6-11-20(16)25-13-3-5-21(25)26)24-22(28)23-12-4-14-29-19-9-7-18(27-2)8-10-19/h6-11,15H,3-5,12-14H2,1-2H3,(H2,23,24,28). The highest BCUT2D eigenvalue weighted by atomic mass is 32.2. The van der Waals surface area contributed by atoms with Crippen LogP contribution in [0, 0.1) is 6.92 Å². The molecule has 0 bridgehead atoms. The van der Waals surface area contributed by atoms with Crippen molar-refractivity contribution in [1.82, 2.24) is 5.32 Å². The SMILES string of the molecule is COc1ccc(SCCCNC(=S)Nc2ccc(N3CCCC3=O)c(C)c2)cc1. The first kappa shape index (κ1) is 21.5. The van der Waals surface area contributed by atoms with Crippen molar-refractivity contribution in [1.29, 1.82) is 0 Å². The molecule has 2 aromatic rings. The van der Waals surface area contributed by atoms with E-state index in [9.17, 15) is 4.79 Å². The van der Waals surface area contributed by atoms with Gasteiger partial charge in [0.05, 0.1) is 7.11 Å². The predicted octanol–water partition coefficient (Wildman–Crippen LogP) is 4.60. The maximum Gasteiger partial charge on any atom is 0.227 e. The van der Waals surface area contributed by atoms with Crippen LogP contribution in [0.5, 0.6) is 5.75 Å². The first-order valence-electron chi connectivity index (χ1n) is 9.79. The number of thiocarbonyl (C=S) groups is 1. The Bertz CT molecular complexity index is 856. The predicted molar refractivity (Wildman–Crippen MR) is 125 cm³/mol. The second-order valence-electron chi connectivity index (χ2n) is 6.91. The third-order valence-electron chi connectivity index (χ3n) is 4.75. The van der Waals surface area contributed by atoms with Gasteiger partial charge in [0.15, 0.2) is 5.11 Å². The van der Waals surface area contributed by atoms with E-state index < -0.39 is 0 Å². The fourth-order valence-electron chi connectivity index (χ4n) is 3.25. The number of carbonyl (C=O) groups is 1. The number of nitrogens with zero attached hydrogens (tertiary/aromatic N) is 1. The van der Waals surface area contributed by atoms with Crippen LogP contribution in [-0.4, -0.2) is 37.0 Å². The number of hydrogen-bond acceptors (Lipinski definition) is 4. The van der Waals surface area contributed by atoms with E-state index in [1.54, 1.807) is 7.11 Å². The van der Waals surface area contributed by atoms with Gasteiger partial charge >= 0.3 is 0 Å². The summed E-state index contributed by atoms with van der Waals surface area (Å²) in [5.74, 6) is 2.10. The Kier molecular flexibility index (Phi) is 7.77. The summed E-state index contributed by atoms with van der Waals surface area (Å²) < 4.78 is 5.17. The Labute approximate surface area is 182 Å². The molecular weight excluding hydrogens is 402 g/mol. The van der Waals surface area contributed by atoms with Gasteiger partial charge in [0.25, 0.3) is 0 Å². The maximum atomic E-state index is 12.0. The number of carbonyl (C=O) groups excluding carboxylic acids is 1. The van der Waals surface area contributed by atoms with Crippen molar-refractivity contribution in [3.63, 3.8) is 0 Å². The molecule has 7 heteroatoms. The number of aryl methyl sites for hydroxylation is 1. The third-order valence-corrected chi connectivity index (χ3v) is 6.10. The molecule has 0 spiro atoms. The summed E-state index contributed by atoms with van der Waals surface area (Å²) in [7, 11) is 1.68. The van der Waals surface area contributed by atoms with E-state index in [4.69, 9.17) is 17.0 Å². The van der Waals surface area contributed by atoms with E-state index in [1.165, 1.54) is 4.90 Å². The molecule has 3 rings (SSSR count). The summed E-state index contributed by atoms with van der Waals surface area (Å²) in [6, 6.07) is 14.1. The van der Waals surface area contributed by atoms with Crippen LogP contribution in [0.3, 0.4) is 0 Å². The van der Waals surface area contributed by atoms with E-state index in [0.29, 0.717) is 11.5 Å². The molecule has 0 aromatic heterocycles. The highest BCUT2D eigenvalue weighted by Gasteiger charge is 2.22. The van der Waals surface area contributed by atoms with Gasteiger partial charge in [-0.2, -0.15) is 0 Å². The van der Waals surface area contributed by atoms with Crippen molar-refractivity contribution in [2.45, 2.75) is 31.1 Å². The molecule has 29 heavy (non-hydrogen) atoms. The van der Waals surface area contributed by atoms with Gasteiger partial charge in [-0.15, -0.1) is 11.8 Å². The zero-order chi connectivity index (χ0) is 20.6. The second-order valence-corrected chi connectivity index (χ2v) is 8.49. The highest BCUT2D eigenvalue weighted by molar-refractivity contribution is 7.99. The number of ether oxygens (including phenoxy) is 1. The number of nitrogens with one attached hydrogen (secondary N) is 2. The van der Waals surface area contributed by atoms with Gasteiger partial charge in [-0.3, -0.25) is 4.79 Å². The molecule has 1 amide bonds. The largest absolute Gasteiger partial charge is 0.497 e. The smallest absolute Gasteiger partial charge is 0.227 e. The Hall–Kier alpha value is -2.25. The van der Waals surface area contributed by atoms with Crippen molar-refractivity contribution in [3.05, 3.63) is 48.0 Å². The quantitative estimate of drug-likeness (QED) is 0.363. The topological polar surface area (TPSA) is 53.6 Å². The number of hydrogen-bond donors (Lipinski definition) is 2. The van der Waals surface area contributed by atoms with Crippen molar-refractivity contribution >= 4 is 46.4 Å². The molecule has 1 aliphatic rings. The number of anilines is 2. The number of benzene rings is 2. The summed E-state index contributed by atoms with van der Waals surface area (Å²) in [4.78, 5) is 15.1. The lowest BCUT2D eigenvalue weighted by Gasteiger charge is -2.19. The van der Waals surface area contributed by atoms with E-state index >= 15 is 0 Å². The lowest BCUT2D eigenvalue weighted by molar-refractivity contribution is -0.117. The highest BCUT2D eigenvalue weighted by Crippen LogP contribution is 2.27. The Balaban J connectivity index is 1.39. The first-order chi connectivity index (χ1) is 14.1. The minimum Gasteiger partial charge on any atom is -0.497 e. The van der Waals surface area contributed by atoms with Gasteiger partial charge in [-0.1, -0.05) is 0 Å². The van der Waals surface area contributed by atoms with Crippen molar-refractivity contribution in [2.75, 3.05) is 36.2 Å². The minimum absolute atomic E-state index is 0.207. The maximum absolute atomic E-state index is 12.0. The summed E-state index contributed by atoms with van der Waals surface area (Å²) in [6.45, 7) is 3.65. The minimum atomic E-state index is 0.207. The van der Waals surface area contributed by atoms with Gasteiger partial charge in [0.2, 0.25) is 5.91 Å². The van der Waals surface area contributed by atoms with Gasteiger partial charge in [-0.25, -0.2) is 0 Å². The molecule has 1 heterocycles.